The van der Waals surface area contributed by atoms with Crippen molar-refractivity contribution in [2.24, 2.45) is 0 Å². The average Bonchev–Trinajstić information content (AvgIpc) is 2.54. The number of nitrogens with one attached hydrogen (secondary N) is 1. The van der Waals surface area contributed by atoms with Crippen molar-refractivity contribution in [3.05, 3.63) is 47.7 Å². The third kappa shape index (κ3) is 6.02. The van der Waals surface area contributed by atoms with Gasteiger partial charge in [0.1, 0.15) is 12.0 Å². The van der Waals surface area contributed by atoms with Gasteiger partial charge in [-0.1, -0.05) is 6.07 Å². The molecule has 0 radical (unpaired) electrons. The Balaban J connectivity index is 1.91. The number of halogens is 3. The van der Waals surface area contributed by atoms with Crippen LogP contribution in [0, 0.1) is 6.92 Å². The number of aryl methyl sites for hydroxylation is 1. The Morgan fingerprint density at radius 1 is 1.28 bits per heavy atom. The first-order valence-electron chi connectivity index (χ1n) is 7.49. The highest BCUT2D eigenvalue weighted by Crippen LogP contribution is 2.20. The van der Waals surface area contributed by atoms with E-state index < -0.39 is 19.2 Å². The maximum absolute atomic E-state index is 12.1. The molecule has 134 valence electrons. The number of alkyl halides is 3. The fraction of sp³-hybridized carbons (Fsp3) is 0.375. The second-order valence-electron chi connectivity index (χ2n) is 5.38. The van der Waals surface area contributed by atoms with Crippen LogP contribution in [-0.4, -0.2) is 33.6 Å². The minimum absolute atomic E-state index is 0.0953. The SMILES string of the molecule is Cc1cc(C(=O)NC(C)c2ccc(OCCC(F)(F)F)nc2)ncn1. The predicted octanol–water partition coefficient (Wildman–Crippen LogP) is 3.00. The van der Waals surface area contributed by atoms with Gasteiger partial charge in [0.25, 0.3) is 5.91 Å². The molecule has 0 saturated carbocycles. The summed E-state index contributed by atoms with van der Waals surface area (Å²) >= 11 is 0. The minimum atomic E-state index is -4.27. The molecule has 0 saturated heterocycles. The van der Waals surface area contributed by atoms with Gasteiger partial charge in [-0.05, 0) is 25.5 Å². The Morgan fingerprint density at radius 2 is 2.04 bits per heavy atom. The zero-order valence-corrected chi connectivity index (χ0v) is 13.7. The summed E-state index contributed by atoms with van der Waals surface area (Å²) in [6.07, 6.45) is -2.55. The van der Waals surface area contributed by atoms with Gasteiger partial charge in [-0.15, -0.1) is 0 Å². The molecule has 25 heavy (non-hydrogen) atoms. The van der Waals surface area contributed by atoms with Crippen LogP contribution < -0.4 is 10.1 Å². The van der Waals surface area contributed by atoms with E-state index in [1.165, 1.54) is 18.6 Å². The summed E-state index contributed by atoms with van der Waals surface area (Å²) in [6.45, 7) is 3.02. The van der Waals surface area contributed by atoms with Crippen molar-refractivity contribution in [2.45, 2.75) is 32.5 Å². The van der Waals surface area contributed by atoms with Crippen molar-refractivity contribution >= 4 is 5.91 Å². The quantitative estimate of drug-likeness (QED) is 0.863. The molecule has 2 aromatic heterocycles. The first-order chi connectivity index (χ1) is 11.7. The summed E-state index contributed by atoms with van der Waals surface area (Å²) in [5, 5.41) is 2.76. The van der Waals surface area contributed by atoms with E-state index in [9.17, 15) is 18.0 Å². The lowest BCUT2D eigenvalue weighted by molar-refractivity contribution is -0.139. The summed E-state index contributed by atoms with van der Waals surface area (Å²) in [5.74, 6) is -0.263. The molecular weight excluding hydrogens is 337 g/mol. The van der Waals surface area contributed by atoms with Gasteiger partial charge in [0.05, 0.1) is 19.1 Å². The van der Waals surface area contributed by atoms with Crippen molar-refractivity contribution in [1.29, 1.82) is 0 Å². The molecule has 0 spiro atoms. The Labute approximate surface area is 142 Å². The van der Waals surface area contributed by atoms with Crippen molar-refractivity contribution < 1.29 is 22.7 Å². The van der Waals surface area contributed by atoms with Crippen LogP contribution in [0.4, 0.5) is 13.2 Å². The lowest BCUT2D eigenvalue weighted by Crippen LogP contribution is -2.27. The van der Waals surface area contributed by atoms with E-state index in [4.69, 9.17) is 4.74 Å². The molecule has 0 bridgehead atoms. The first-order valence-corrected chi connectivity index (χ1v) is 7.49. The Kier molecular flexibility index (Phi) is 5.89. The van der Waals surface area contributed by atoms with Crippen LogP contribution in [-0.2, 0) is 0 Å². The van der Waals surface area contributed by atoms with Gasteiger partial charge in [-0.25, -0.2) is 15.0 Å². The minimum Gasteiger partial charge on any atom is -0.477 e. The van der Waals surface area contributed by atoms with E-state index >= 15 is 0 Å². The fourth-order valence-corrected chi connectivity index (χ4v) is 1.94. The molecule has 0 fully saturated rings. The number of carbonyl (C=O) groups is 1. The number of hydrogen-bond donors (Lipinski definition) is 1. The molecule has 0 aliphatic heterocycles. The number of nitrogens with zero attached hydrogens (tertiary/aromatic N) is 3. The van der Waals surface area contributed by atoms with Crippen molar-refractivity contribution in [3.8, 4) is 5.88 Å². The molecule has 2 heterocycles. The second-order valence-corrected chi connectivity index (χ2v) is 5.38. The maximum Gasteiger partial charge on any atom is 0.392 e. The number of rotatable bonds is 6. The molecule has 2 aromatic rings. The van der Waals surface area contributed by atoms with E-state index in [1.54, 1.807) is 26.0 Å². The summed E-state index contributed by atoms with van der Waals surface area (Å²) in [7, 11) is 0. The molecule has 1 amide bonds. The third-order valence-corrected chi connectivity index (χ3v) is 3.28. The fourth-order valence-electron chi connectivity index (χ4n) is 1.94. The van der Waals surface area contributed by atoms with Gasteiger partial charge < -0.3 is 10.1 Å². The van der Waals surface area contributed by atoms with Crippen LogP contribution >= 0.6 is 0 Å². The Bertz CT molecular complexity index is 720. The normalized spacial score (nSPS) is 12.5. The Hall–Kier alpha value is -2.71. The highest BCUT2D eigenvalue weighted by Gasteiger charge is 2.26. The van der Waals surface area contributed by atoms with Gasteiger partial charge in [0, 0.05) is 18.0 Å². The van der Waals surface area contributed by atoms with Crippen molar-refractivity contribution in [2.75, 3.05) is 6.61 Å². The highest BCUT2D eigenvalue weighted by atomic mass is 19.4. The third-order valence-electron chi connectivity index (χ3n) is 3.28. The van der Waals surface area contributed by atoms with Gasteiger partial charge in [-0.3, -0.25) is 4.79 Å². The van der Waals surface area contributed by atoms with Gasteiger partial charge in [0.15, 0.2) is 0 Å². The monoisotopic (exact) mass is 354 g/mol. The molecule has 1 atom stereocenters. The zero-order chi connectivity index (χ0) is 18.4. The zero-order valence-electron chi connectivity index (χ0n) is 13.7. The van der Waals surface area contributed by atoms with Crippen LogP contribution in [0.5, 0.6) is 5.88 Å². The Morgan fingerprint density at radius 3 is 2.64 bits per heavy atom. The van der Waals surface area contributed by atoms with E-state index in [-0.39, 0.29) is 23.5 Å². The standard InChI is InChI=1S/C16H17F3N4O2/c1-10-7-13(22-9-21-10)15(24)23-11(2)12-3-4-14(20-8-12)25-6-5-16(17,18)19/h3-4,7-9,11H,5-6H2,1-2H3,(H,23,24). The molecule has 0 aromatic carbocycles. The smallest absolute Gasteiger partial charge is 0.392 e. The molecule has 0 aliphatic rings. The first kappa shape index (κ1) is 18.6. The molecular formula is C16H17F3N4O2. The molecule has 6 nitrogen and oxygen atoms in total. The summed E-state index contributed by atoms with van der Waals surface area (Å²) in [5.41, 5.74) is 1.61. The molecule has 9 heteroatoms. The summed E-state index contributed by atoms with van der Waals surface area (Å²) in [4.78, 5) is 23.9. The van der Waals surface area contributed by atoms with Crippen molar-refractivity contribution in [1.82, 2.24) is 20.3 Å². The predicted molar refractivity (Wildman–Crippen MR) is 83.1 cm³/mol. The van der Waals surface area contributed by atoms with Crippen LogP contribution in [0.3, 0.4) is 0 Å². The molecule has 2 rings (SSSR count). The number of ether oxygens (including phenoxy) is 1. The van der Waals surface area contributed by atoms with Gasteiger partial charge >= 0.3 is 6.18 Å². The number of pyridine rings is 1. The number of aromatic nitrogens is 3. The van der Waals surface area contributed by atoms with Gasteiger partial charge in [-0.2, -0.15) is 13.2 Å². The number of amides is 1. The van der Waals surface area contributed by atoms with Crippen LogP contribution in [0.2, 0.25) is 0 Å². The lowest BCUT2D eigenvalue weighted by Gasteiger charge is -2.14. The number of hydrogen-bond acceptors (Lipinski definition) is 5. The topological polar surface area (TPSA) is 77.0 Å². The molecule has 1 N–H and O–H groups in total. The van der Waals surface area contributed by atoms with E-state index in [2.05, 4.69) is 20.3 Å². The van der Waals surface area contributed by atoms with Crippen LogP contribution in [0.25, 0.3) is 0 Å². The van der Waals surface area contributed by atoms with Crippen molar-refractivity contribution in [3.63, 3.8) is 0 Å². The summed E-state index contributed by atoms with van der Waals surface area (Å²) < 4.78 is 41.1. The van der Waals surface area contributed by atoms with E-state index in [1.807, 2.05) is 0 Å². The highest BCUT2D eigenvalue weighted by molar-refractivity contribution is 5.92. The van der Waals surface area contributed by atoms with Gasteiger partial charge in [0.2, 0.25) is 5.88 Å². The largest absolute Gasteiger partial charge is 0.477 e. The van der Waals surface area contributed by atoms with Crippen LogP contribution in [0.1, 0.15) is 41.1 Å². The summed E-state index contributed by atoms with van der Waals surface area (Å²) in [6, 6.07) is 4.30. The second kappa shape index (κ2) is 7.91. The molecule has 0 aliphatic carbocycles. The average molecular weight is 354 g/mol. The number of carbonyl (C=O) groups excluding carboxylic acids is 1. The molecule has 1 unspecified atom stereocenters. The maximum atomic E-state index is 12.1. The van der Waals surface area contributed by atoms with E-state index in [0.29, 0.717) is 11.3 Å². The van der Waals surface area contributed by atoms with Crippen LogP contribution in [0.15, 0.2) is 30.7 Å². The van der Waals surface area contributed by atoms with E-state index in [0.717, 1.165) is 0 Å². The lowest BCUT2D eigenvalue weighted by atomic mass is 10.1.